The number of amides is 2. The maximum atomic E-state index is 11.5. The summed E-state index contributed by atoms with van der Waals surface area (Å²) in [6.45, 7) is 6.23. The first-order chi connectivity index (χ1) is 10.6. The quantitative estimate of drug-likeness (QED) is 0.876. The van der Waals surface area contributed by atoms with Gasteiger partial charge in [0.15, 0.2) is 0 Å². The number of hydrogen-bond acceptors (Lipinski definition) is 3. The summed E-state index contributed by atoms with van der Waals surface area (Å²) in [5.41, 5.74) is 2.04. The van der Waals surface area contributed by atoms with Crippen molar-refractivity contribution in [3.05, 3.63) is 29.8 Å². The van der Waals surface area contributed by atoms with Crippen LogP contribution in [0, 0.1) is 0 Å². The molecule has 2 N–H and O–H groups in total. The van der Waals surface area contributed by atoms with Gasteiger partial charge < -0.3 is 10.6 Å². The minimum absolute atomic E-state index is 0.0571. The monoisotopic (exact) mass is 303 g/mol. The highest BCUT2D eigenvalue weighted by molar-refractivity contribution is 5.88. The van der Waals surface area contributed by atoms with Crippen LogP contribution in [0.25, 0.3) is 0 Å². The van der Waals surface area contributed by atoms with Gasteiger partial charge in [-0.15, -0.1) is 0 Å². The van der Waals surface area contributed by atoms with Crippen LogP contribution in [0.15, 0.2) is 24.3 Å². The average molecular weight is 303 g/mol. The van der Waals surface area contributed by atoms with Crippen molar-refractivity contribution in [2.75, 3.05) is 18.4 Å². The van der Waals surface area contributed by atoms with Crippen molar-refractivity contribution in [3.8, 4) is 0 Å². The number of carbonyl (C=O) groups is 2. The van der Waals surface area contributed by atoms with Gasteiger partial charge in [-0.05, 0) is 37.1 Å². The minimum Gasteiger partial charge on any atom is -0.352 e. The standard InChI is InChI=1S/C17H25N3O2/c1-3-17(22)19-16-5-4-10-20(12-16)11-14-6-8-15(9-7-14)18-13(2)21/h6-9,16H,3-5,10-12H2,1-2H3,(H,18,21)(H,19,22)/t16-/m0/s1. The van der Waals surface area contributed by atoms with E-state index in [-0.39, 0.29) is 17.9 Å². The van der Waals surface area contributed by atoms with E-state index in [0.29, 0.717) is 6.42 Å². The third-order valence-electron chi connectivity index (χ3n) is 3.87. The molecule has 1 heterocycles. The number of nitrogens with zero attached hydrogens (tertiary/aromatic N) is 1. The number of rotatable bonds is 5. The van der Waals surface area contributed by atoms with Crippen LogP contribution >= 0.6 is 0 Å². The maximum Gasteiger partial charge on any atom is 0.221 e. The number of hydrogen-bond donors (Lipinski definition) is 2. The van der Waals surface area contributed by atoms with Crippen molar-refractivity contribution in [1.29, 1.82) is 0 Å². The van der Waals surface area contributed by atoms with Gasteiger partial charge in [0.05, 0.1) is 0 Å². The highest BCUT2D eigenvalue weighted by Gasteiger charge is 2.20. The predicted molar refractivity (Wildman–Crippen MR) is 87.5 cm³/mol. The van der Waals surface area contributed by atoms with Crippen LogP contribution in [0.5, 0.6) is 0 Å². The molecule has 0 radical (unpaired) electrons. The molecule has 2 amide bonds. The van der Waals surface area contributed by atoms with Gasteiger partial charge in [-0.3, -0.25) is 14.5 Å². The molecule has 1 saturated heterocycles. The van der Waals surface area contributed by atoms with Crippen LogP contribution in [-0.4, -0.2) is 35.8 Å². The van der Waals surface area contributed by atoms with Crippen molar-refractivity contribution in [1.82, 2.24) is 10.2 Å². The molecule has 5 heteroatoms. The van der Waals surface area contributed by atoms with Crippen molar-refractivity contribution >= 4 is 17.5 Å². The van der Waals surface area contributed by atoms with E-state index >= 15 is 0 Å². The molecular weight excluding hydrogens is 278 g/mol. The van der Waals surface area contributed by atoms with E-state index in [1.54, 1.807) is 0 Å². The summed E-state index contributed by atoms with van der Waals surface area (Å²) in [5.74, 6) is 0.0739. The molecule has 1 atom stereocenters. The average Bonchev–Trinajstić information content (AvgIpc) is 2.49. The Labute approximate surface area is 132 Å². The molecule has 0 aliphatic carbocycles. The van der Waals surface area contributed by atoms with Gasteiger partial charge in [0, 0.05) is 38.2 Å². The van der Waals surface area contributed by atoms with E-state index in [1.807, 2.05) is 31.2 Å². The van der Waals surface area contributed by atoms with Gasteiger partial charge in [0.2, 0.25) is 11.8 Å². The zero-order chi connectivity index (χ0) is 15.9. The Balaban J connectivity index is 1.87. The van der Waals surface area contributed by atoms with E-state index in [1.165, 1.54) is 12.5 Å². The van der Waals surface area contributed by atoms with Crippen molar-refractivity contribution in [2.45, 2.75) is 45.7 Å². The molecule has 1 aliphatic heterocycles. The van der Waals surface area contributed by atoms with Gasteiger partial charge in [0.1, 0.15) is 0 Å². The molecule has 0 bridgehead atoms. The second kappa shape index (κ2) is 7.94. The minimum atomic E-state index is -0.0571. The second-order valence-corrected chi connectivity index (χ2v) is 5.87. The lowest BCUT2D eigenvalue weighted by molar-refractivity contribution is -0.121. The molecule has 1 aromatic carbocycles. The first-order valence-electron chi connectivity index (χ1n) is 7.95. The number of benzene rings is 1. The summed E-state index contributed by atoms with van der Waals surface area (Å²) in [6, 6.07) is 8.20. The topological polar surface area (TPSA) is 61.4 Å². The van der Waals surface area contributed by atoms with E-state index in [0.717, 1.165) is 38.2 Å². The van der Waals surface area contributed by atoms with Crippen LogP contribution in [-0.2, 0) is 16.1 Å². The zero-order valence-electron chi connectivity index (χ0n) is 13.4. The molecule has 5 nitrogen and oxygen atoms in total. The van der Waals surface area contributed by atoms with Crippen LogP contribution in [0.3, 0.4) is 0 Å². The van der Waals surface area contributed by atoms with Gasteiger partial charge in [-0.25, -0.2) is 0 Å². The summed E-state index contributed by atoms with van der Waals surface area (Å²) >= 11 is 0. The fourth-order valence-corrected chi connectivity index (χ4v) is 2.80. The third-order valence-corrected chi connectivity index (χ3v) is 3.87. The second-order valence-electron chi connectivity index (χ2n) is 5.87. The number of anilines is 1. The first kappa shape index (κ1) is 16.5. The highest BCUT2D eigenvalue weighted by Crippen LogP contribution is 2.16. The Kier molecular flexibility index (Phi) is 5.95. The van der Waals surface area contributed by atoms with Gasteiger partial charge in [-0.2, -0.15) is 0 Å². The smallest absolute Gasteiger partial charge is 0.221 e. The highest BCUT2D eigenvalue weighted by atomic mass is 16.2. The molecule has 1 aliphatic rings. The zero-order valence-corrected chi connectivity index (χ0v) is 13.4. The number of piperidine rings is 1. The van der Waals surface area contributed by atoms with E-state index < -0.39 is 0 Å². The SMILES string of the molecule is CCC(=O)N[C@H]1CCCN(Cc2ccc(NC(C)=O)cc2)C1. The van der Waals surface area contributed by atoms with E-state index in [2.05, 4.69) is 15.5 Å². The lowest BCUT2D eigenvalue weighted by atomic mass is 10.0. The molecular formula is C17H25N3O2. The van der Waals surface area contributed by atoms with E-state index in [4.69, 9.17) is 0 Å². The molecule has 22 heavy (non-hydrogen) atoms. The fourth-order valence-electron chi connectivity index (χ4n) is 2.80. The largest absolute Gasteiger partial charge is 0.352 e. The van der Waals surface area contributed by atoms with Crippen LogP contribution < -0.4 is 10.6 Å². The summed E-state index contributed by atoms with van der Waals surface area (Å²) in [6.07, 6.45) is 2.71. The van der Waals surface area contributed by atoms with Crippen LogP contribution in [0.4, 0.5) is 5.69 Å². The van der Waals surface area contributed by atoms with Crippen molar-refractivity contribution in [3.63, 3.8) is 0 Å². The predicted octanol–water partition coefficient (Wildman–Crippen LogP) is 2.14. The molecule has 1 fully saturated rings. The summed E-state index contributed by atoms with van der Waals surface area (Å²) in [5, 5.41) is 5.86. The molecule has 1 aromatic rings. The third kappa shape index (κ3) is 5.15. The molecule has 0 unspecified atom stereocenters. The molecule has 0 saturated carbocycles. The summed E-state index contributed by atoms with van der Waals surface area (Å²) in [4.78, 5) is 24.9. The Morgan fingerprint density at radius 2 is 2.00 bits per heavy atom. The normalized spacial score (nSPS) is 18.7. The van der Waals surface area contributed by atoms with Gasteiger partial charge in [-0.1, -0.05) is 19.1 Å². The number of carbonyl (C=O) groups excluding carboxylic acids is 2. The van der Waals surface area contributed by atoms with Gasteiger partial charge >= 0.3 is 0 Å². The van der Waals surface area contributed by atoms with Gasteiger partial charge in [0.25, 0.3) is 0 Å². The Bertz CT molecular complexity index is 513. The molecule has 0 aromatic heterocycles. The molecule has 0 spiro atoms. The lowest BCUT2D eigenvalue weighted by Crippen LogP contribution is -2.47. The Morgan fingerprint density at radius 1 is 1.27 bits per heavy atom. The molecule has 120 valence electrons. The first-order valence-corrected chi connectivity index (χ1v) is 7.95. The molecule has 2 rings (SSSR count). The Morgan fingerprint density at radius 3 is 2.64 bits per heavy atom. The number of nitrogens with one attached hydrogen (secondary N) is 2. The summed E-state index contributed by atoms with van der Waals surface area (Å²) < 4.78 is 0. The van der Waals surface area contributed by atoms with Crippen molar-refractivity contribution < 1.29 is 9.59 Å². The Hall–Kier alpha value is -1.88. The lowest BCUT2D eigenvalue weighted by Gasteiger charge is -2.33. The fraction of sp³-hybridized carbons (Fsp3) is 0.529. The van der Waals surface area contributed by atoms with Crippen LogP contribution in [0.2, 0.25) is 0 Å². The maximum absolute atomic E-state index is 11.5. The number of likely N-dealkylation sites (tertiary alicyclic amines) is 1. The summed E-state index contributed by atoms with van der Waals surface area (Å²) in [7, 11) is 0. The van der Waals surface area contributed by atoms with E-state index in [9.17, 15) is 9.59 Å². The van der Waals surface area contributed by atoms with Crippen molar-refractivity contribution in [2.24, 2.45) is 0 Å². The van der Waals surface area contributed by atoms with Crippen LogP contribution in [0.1, 0.15) is 38.7 Å².